The Kier molecular flexibility index (Phi) is 7.41. The molecule has 0 aliphatic carbocycles. The lowest BCUT2D eigenvalue weighted by Crippen LogP contribution is -2.37. The molecule has 0 bridgehead atoms. The molecule has 4 rings (SSSR count). The Bertz CT molecular complexity index is 1220. The second-order valence-corrected chi connectivity index (χ2v) is 11.3. The Morgan fingerprint density at radius 3 is 2.73 bits per heavy atom. The molecule has 1 saturated heterocycles. The molecule has 3 aromatic rings. The second kappa shape index (κ2) is 10.3. The SMILES string of the molecule is CCc1ccc2nc(N(CC3CCCO3)C(=O)CCCS(=O)(=O)c3ccc(F)cc3)sc2c1. The minimum atomic E-state index is -3.59. The largest absolute Gasteiger partial charge is 0.376 e. The molecule has 1 amide bonds. The number of amides is 1. The number of ether oxygens (including phenoxy) is 1. The van der Waals surface area contributed by atoms with Crippen LogP contribution in [-0.4, -0.2) is 44.3 Å². The summed E-state index contributed by atoms with van der Waals surface area (Å²) in [5, 5.41) is 0.611. The van der Waals surface area contributed by atoms with E-state index in [0.29, 0.717) is 18.3 Å². The summed E-state index contributed by atoms with van der Waals surface area (Å²) in [4.78, 5) is 19.6. The molecule has 1 aromatic heterocycles. The van der Waals surface area contributed by atoms with Crippen LogP contribution in [0.2, 0.25) is 0 Å². The van der Waals surface area contributed by atoms with E-state index in [2.05, 4.69) is 18.0 Å². The number of halogens is 1. The van der Waals surface area contributed by atoms with Gasteiger partial charge in [0, 0.05) is 13.0 Å². The quantitative estimate of drug-likeness (QED) is 0.404. The average Bonchev–Trinajstić information content (AvgIpc) is 3.46. The minimum Gasteiger partial charge on any atom is -0.376 e. The summed E-state index contributed by atoms with van der Waals surface area (Å²) < 4.78 is 45.0. The number of nitrogens with zero attached hydrogens (tertiary/aromatic N) is 2. The summed E-state index contributed by atoms with van der Waals surface area (Å²) >= 11 is 1.47. The molecule has 0 spiro atoms. The molecule has 1 fully saturated rings. The molecule has 176 valence electrons. The number of benzene rings is 2. The number of rotatable bonds is 9. The standard InChI is InChI=1S/C24H27FN2O4S2/c1-2-17-7-12-21-22(15-17)32-24(26-21)27(16-19-5-3-13-31-19)23(28)6-4-14-33(29,30)20-10-8-18(25)9-11-20/h7-12,15,19H,2-6,13-14,16H2,1H3. The fourth-order valence-electron chi connectivity index (χ4n) is 3.88. The van der Waals surface area contributed by atoms with Crippen LogP contribution in [0, 0.1) is 5.82 Å². The maximum absolute atomic E-state index is 13.2. The molecule has 0 N–H and O–H groups in total. The van der Waals surface area contributed by atoms with E-state index in [1.165, 1.54) is 29.0 Å². The van der Waals surface area contributed by atoms with Crippen LogP contribution in [0.25, 0.3) is 10.2 Å². The molecule has 0 saturated carbocycles. The van der Waals surface area contributed by atoms with E-state index in [0.717, 1.165) is 41.6 Å². The number of hydrogen-bond donors (Lipinski definition) is 0. The fourth-order valence-corrected chi connectivity index (χ4v) is 6.25. The van der Waals surface area contributed by atoms with Crippen molar-refractivity contribution in [3.63, 3.8) is 0 Å². The Morgan fingerprint density at radius 2 is 2.03 bits per heavy atom. The lowest BCUT2D eigenvalue weighted by Gasteiger charge is -2.23. The monoisotopic (exact) mass is 490 g/mol. The molecule has 6 nitrogen and oxygen atoms in total. The van der Waals surface area contributed by atoms with Crippen LogP contribution in [-0.2, 0) is 25.8 Å². The first-order valence-electron chi connectivity index (χ1n) is 11.2. The highest BCUT2D eigenvalue weighted by molar-refractivity contribution is 7.91. The van der Waals surface area contributed by atoms with Gasteiger partial charge in [-0.3, -0.25) is 9.69 Å². The Labute approximate surface area is 197 Å². The predicted octanol–water partition coefficient (Wildman–Crippen LogP) is 4.76. The minimum absolute atomic E-state index is 0.0462. The number of hydrogen-bond acceptors (Lipinski definition) is 6. The molecule has 2 heterocycles. The zero-order valence-corrected chi connectivity index (χ0v) is 20.1. The van der Waals surface area contributed by atoms with Gasteiger partial charge in [-0.2, -0.15) is 0 Å². The van der Waals surface area contributed by atoms with Crippen molar-refractivity contribution in [2.45, 2.75) is 50.0 Å². The van der Waals surface area contributed by atoms with Gasteiger partial charge >= 0.3 is 0 Å². The van der Waals surface area contributed by atoms with Gasteiger partial charge in [0.2, 0.25) is 5.91 Å². The third-order valence-corrected chi connectivity index (χ3v) is 8.63. The van der Waals surface area contributed by atoms with E-state index >= 15 is 0 Å². The predicted molar refractivity (Wildman–Crippen MR) is 128 cm³/mol. The molecule has 0 radical (unpaired) electrons. The zero-order valence-electron chi connectivity index (χ0n) is 18.5. The number of fused-ring (bicyclic) bond motifs is 1. The van der Waals surface area contributed by atoms with Crippen molar-refractivity contribution in [1.29, 1.82) is 0 Å². The van der Waals surface area contributed by atoms with Gasteiger partial charge in [-0.1, -0.05) is 24.3 Å². The van der Waals surface area contributed by atoms with E-state index in [4.69, 9.17) is 4.74 Å². The fraction of sp³-hybridized carbons (Fsp3) is 0.417. The Morgan fingerprint density at radius 1 is 1.24 bits per heavy atom. The average molecular weight is 491 g/mol. The highest BCUT2D eigenvalue weighted by atomic mass is 32.2. The summed E-state index contributed by atoms with van der Waals surface area (Å²) in [7, 11) is -3.59. The van der Waals surface area contributed by atoms with Crippen LogP contribution in [0.1, 0.15) is 38.2 Å². The molecule has 9 heteroatoms. The van der Waals surface area contributed by atoms with Crippen molar-refractivity contribution >= 4 is 42.4 Å². The summed E-state index contributed by atoms with van der Waals surface area (Å²) in [5.41, 5.74) is 2.05. The van der Waals surface area contributed by atoms with E-state index in [9.17, 15) is 17.6 Å². The third-order valence-electron chi connectivity index (χ3n) is 5.77. The number of sulfone groups is 1. The number of carbonyl (C=O) groups is 1. The molecule has 1 atom stereocenters. The van der Waals surface area contributed by atoms with Gasteiger partial charge in [-0.25, -0.2) is 17.8 Å². The van der Waals surface area contributed by atoms with Gasteiger partial charge in [0.25, 0.3) is 0 Å². The molecule has 1 aliphatic rings. The zero-order chi connectivity index (χ0) is 23.4. The smallest absolute Gasteiger partial charge is 0.228 e. The summed E-state index contributed by atoms with van der Waals surface area (Å²) in [6.07, 6.45) is 2.96. The third kappa shape index (κ3) is 5.77. The first-order chi connectivity index (χ1) is 15.9. The van der Waals surface area contributed by atoms with Crippen molar-refractivity contribution in [3.05, 3.63) is 53.8 Å². The molecular weight excluding hydrogens is 463 g/mol. The number of thiazole rings is 1. The van der Waals surface area contributed by atoms with Crippen molar-refractivity contribution in [1.82, 2.24) is 4.98 Å². The summed E-state index contributed by atoms with van der Waals surface area (Å²) in [6.45, 7) is 3.18. The lowest BCUT2D eigenvalue weighted by molar-refractivity contribution is -0.119. The first-order valence-corrected chi connectivity index (χ1v) is 13.6. The first kappa shape index (κ1) is 23.8. The molecule has 1 unspecified atom stereocenters. The van der Waals surface area contributed by atoms with E-state index in [1.807, 2.05) is 12.1 Å². The summed E-state index contributed by atoms with van der Waals surface area (Å²) in [5.74, 6) is -0.844. The van der Waals surface area contributed by atoms with Gasteiger partial charge < -0.3 is 4.74 Å². The van der Waals surface area contributed by atoms with Crippen LogP contribution >= 0.6 is 11.3 Å². The number of aromatic nitrogens is 1. The second-order valence-electron chi connectivity index (χ2n) is 8.17. The molecule has 2 aromatic carbocycles. The Balaban J connectivity index is 1.48. The highest BCUT2D eigenvalue weighted by Gasteiger charge is 2.26. The molecule has 1 aliphatic heterocycles. The maximum Gasteiger partial charge on any atom is 0.228 e. The Hall–Kier alpha value is -2.36. The summed E-state index contributed by atoms with van der Waals surface area (Å²) in [6, 6.07) is 10.9. The van der Waals surface area contributed by atoms with Crippen molar-refractivity contribution in [2.24, 2.45) is 0 Å². The topological polar surface area (TPSA) is 76.6 Å². The maximum atomic E-state index is 13.2. The van der Waals surface area contributed by atoms with Gasteiger partial charge in [0.1, 0.15) is 5.82 Å². The number of aryl methyl sites for hydroxylation is 1. The van der Waals surface area contributed by atoms with E-state index < -0.39 is 15.7 Å². The van der Waals surface area contributed by atoms with Gasteiger partial charge in [-0.05, 0) is 67.6 Å². The molecule has 33 heavy (non-hydrogen) atoms. The normalized spacial score (nSPS) is 16.4. The van der Waals surface area contributed by atoms with Crippen LogP contribution in [0.5, 0.6) is 0 Å². The van der Waals surface area contributed by atoms with Crippen LogP contribution < -0.4 is 4.90 Å². The van der Waals surface area contributed by atoms with Gasteiger partial charge in [0.15, 0.2) is 15.0 Å². The van der Waals surface area contributed by atoms with Crippen LogP contribution in [0.3, 0.4) is 0 Å². The van der Waals surface area contributed by atoms with Crippen molar-refractivity contribution < 1.29 is 22.3 Å². The van der Waals surface area contributed by atoms with Gasteiger partial charge in [-0.15, -0.1) is 0 Å². The number of anilines is 1. The van der Waals surface area contributed by atoms with E-state index in [-0.39, 0.29) is 35.5 Å². The van der Waals surface area contributed by atoms with Crippen molar-refractivity contribution in [2.75, 3.05) is 23.8 Å². The van der Waals surface area contributed by atoms with Gasteiger partial charge in [0.05, 0.1) is 33.5 Å². The lowest BCUT2D eigenvalue weighted by atomic mass is 10.2. The van der Waals surface area contributed by atoms with Crippen LogP contribution in [0.4, 0.5) is 9.52 Å². The molecular formula is C24H27FN2O4S2. The number of carbonyl (C=O) groups excluding carboxylic acids is 1. The van der Waals surface area contributed by atoms with Crippen molar-refractivity contribution in [3.8, 4) is 0 Å². The van der Waals surface area contributed by atoms with E-state index in [1.54, 1.807) is 4.90 Å². The van der Waals surface area contributed by atoms with Crippen LogP contribution in [0.15, 0.2) is 47.4 Å². The highest BCUT2D eigenvalue weighted by Crippen LogP contribution is 2.31.